The van der Waals surface area contributed by atoms with Gasteiger partial charge >= 0.3 is 0 Å². The lowest BCUT2D eigenvalue weighted by Crippen LogP contribution is -1.97. The third kappa shape index (κ3) is 4.17. The lowest BCUT2D eigenvalue weighted by molar-refractivity contribution is 0.0982. The largest absolute Gasteiger partial charge is 0.294 e. The Kier molecular flexibility index (Phi) is 5.31. The van der Waals surface area contributed by atoms with E-state index < -0.39 is 0 Å². The van der Waals surface area contributed by atoms with Gasteiger partial charge in [-0.15, -0.1) is 0 Å². The van der Waals surface area contributed by atoms with Gasteiger partial charge in [-0.05, 0) is 29.7 Å². The molecule has 0 fully saturated rings. The molecule has 0 N–H and O–H groups in total. The molecule has 2 heteroatoms. The van der Waals surface area contributed by atoms with Crippen molar-refractivity contribution >= 4 is 33.9 Å². The maximum absolute atomic E-state index is 11.7. The van der Waals surface area contributed by atoms with Crippen molar-refractivity contribution in [3.63, 3.8) is 0 Å². The Balaban J connectivity index is 2.07. The maximum atomic E-state index is 11.7. The number of ketones is 1. The van der Waals surface area contributed by atoms with E-state index in [-0.39, 0.29) is 5.78 Å². The van der Waals surface area contributed by atoms with Gasteiger partial charge in [0.05, 0.1) is 0 Å². The van der Waals surface area contributed by atoms with Gasteiger partial charge in [0.15, 0.2) is 5.78 Å². The first-order chi connectivity index (χ1) is 9.69. The second-order valence-corrected chi connectivity index (χ2v) is 5.60. The molecule has 0 saturated carbocycles. The number of hydrogen-bond donors (Lipinski definition) is 0. The minimum Gasteiger partial charge on any atom is -0.294 e. The summed E-state index contributed by atoms with van der Waals surface area (Å²) in [5.74, 6) is 0.218. The van der Waals surface area contributed by atoms with Crippen molar-refractivity contribution in [2.75, 3.05) is 0 Å². The highest BCUT2D eigenvalue weighted by Gasteiger charge is 2.02. The van der Waals surface area contributed by atoms with E-state index in [9.17, 15) is 4.79 Å². The molecule has 0 amide bonds. The number of benzene rings is 2. The van der Waals surface area contributed by atoms with Crippen LogP contribution in [0.15, 0.2) is 53.0 Å². The molecular weight excluding hydrogens is 312 g/mol. The summed E-state index contributed by atoms with van der Waals surface area (Å²) in [6.45, 7) is 2.02. The SMILES string of the molecule is CCCC(=O)c1ccc(C=Cc2ccc(Br)cc2)cc1. The molecule has 0 aliphatic rings. The van der Waals surface area contributed by atoms with Gasteiger partial charge in [-0.25, -0.2) is 0 Å². The quantitative estimate of drug-likeness (QED) is 0.515. The third-order valence-electron chi connectivity index (χ3n) is 3.05. The van der Waals surface area contributed by atoms with E-state index in [0.29, 0.717) is 6.42 Å². The molecule has 0 unspecified atom stereocenters. The number of Topliss-reactive ketones (excluding diaryl/α,β-unsaturated/α-hetero) is 1. The Morgan fingerprint density at radius 3 is 1.95 bits per heavy atom. The van der Waals surface area contributed by atoms with Crippen molar-refractivity contribution in [2.45, 2.75) is 19.8 Å². The van der Waals surface area contributed by atoms with Crippen molar-refractivity contribution in [1.82, 2.24) is 0 Å². The molecular formula is C18H17BrO. The predicted octanol–water partition coefficient (Wildman–Crippen LogP) is 5.60. The fraction of sp³-hybridized carbons (Fsp3) is 0.167. The summed E-state index contributed by atoms with van der Waals surface area (Å²) >= 11 is 3.42. The van der Waals surface area contributed by atoms with Crippen LogP contribution in [0.5, 0.6) is 0 Å². The summed E-state index contributed by atoms with van der Waals surface area (Å²) in [4.78, 5) is 11.7. The van der Waals surface area contributed by atoms with Crippen LogP contribution in [-0.2, 0) is 0 Å². The number of hydrogen-bond acceptors (Lipinski definition) is 1. The minimum absolute atomic E-state index is 0.218. The van der Waals surface area contributed by atoms with Crippen LogP contribution in [0.25, 0.3) is 12.2 Å². The second kappa shape index (κ2) is 7.20. The molecule has 20 heavy (non-hydrogen) atoms. The predicted molar refractivity (Wildman–Crippen MR) is 88.8 cm³/mol. The molecule has 1 nitrogen and oxygen atoms in total. The van der Waals surface area contributed by atoms with Crippen molar-refractivity contribution in [1.29, 1.82) is 0 Å². The van der Waals surface area contributed by atoms with E-state index in [1.807, 2.05) is 43.3 Å². The monoisotopic (exact) mass is 328 g/mol. The zero-order valence-corrected chi connectivity index (χ0v) is 13.1. The highest BCUT2D eigenvalue weighted by Crippen LogP contribution is 2.14. The summed E-state index contributed by atoms with van der Waals surface area (Å²) in [6, 6.07) is 15.9. The lowest BCUT2D eigenvalue weighted by Gasteiger charge is -2.00. The van der Waals surface area contributed by atoms with Gasteiger partial charge in [0.25, 0.3) is 0 Å². The van der Waals surface area contributed by atoms with Crippen LogP contribution in [0.3, 0.4) is 0 Å². The first-order valence-electron chi connectivity index (χ1n) is 6.76. The average Bonchev–Trinajstić information content (AvgIpc) is 2.47. The van der Waals surface area contributed by atoms with E-state index in [4.69, 9.17) is 0 Å². The minimum atomic E-state index is 0.218. The summed E-state index contributed by atoms with van der Waals surface area (Å²) < 4.78 is 1.08. The fourth-order valence-corrected chi connectivity index (χ4v) is 2.18. The van der Waals surface area contributed by atoms with Gasteiger partial charge in [0.1, 0.15) is 0 Å². The van der Waals surface area contributed by atoms with Gasteiger partial charge in [-0.2, -0.15) is 0 Å². The zero-order chi connectivity index (χ0) is 14.4. The van der Waals surface area contributed by atoms with Crippen LogP contribution in [0, 0.1) is 0 Å². The van der Waals surface area contributed by atoms with Crippen molar-refractivity contribution in [3.8, 4) is 0 Å². The highest BCUT2D eigenvalue weighted by atomic mass is 79.9. The molecule has 102 valence electrons. The molecule has 0 spiro atoms. The first kappa shape index (κ1) is 14.7. The molecule has 0 atom stereocenters. The normalized spacial score (nSPS) is 10.9. The molecule has 0 aliphatic carbocycles. The number of carbonyl (C=O) groups is 1. The Bertz CT molecular complexity index is 594. The van der Waals surface area contributed by atoms with Crippen molar-refractivity contribution in [2.24, 2.45) is 0 Å². The molecule has 2 aromatic carbocycles. The molecule has 0 saturated heterocycles. The van der Waals surface area contributed by atoms with Gasteiger partial charge in [-0.3, -0.25) is 4.79 Å². The highest BCUT2D eigenvalue weighted by molar-refractivity contribution is 9.10. The zero-order valence-electron chi connectivity index (χ0n) is 11.5. The van der Waals surface area contributed by atoms with Gasteiger partial charge < -0.3 is 0 Å². The van der Waals surface area contributed by atoms with Crippen molar-refractivity contribution < 1.29 is 4.79 Å². The first-order valence-corrected chi connectivity index (χ1v) is 7.55. The molecule has 0 aromatic heterocycles. The van der Waals surface area contributed by atoms with Crippen LogP contribution in [0.1, 0.15) is 41.3 Å². The summed E-state index contributed by atoms with van der Waals surface area (Å²) in [7, 11) is 0. The maximum Gasteiger partial charge on any atom is 0.162 e. The molecule has 0 bridgehead atoms. The van der Waals surface area contributed by atoms with Crippen LogP contribution in [0.2, 0.25) is 0 Å². The smallest absolute Gasteiger partial charge is 0.162 e. The van der Waals surface area contributed by atoms with Crippen LogP contribution >= 0.6 is 15.9 Å². The Hall–Kier alpha value is -1.67. The number of halogens is 1. The molecule has 0 heterocycles. The summed E-state index contributed by atoms with van der Waals surface area (Å²) in [6.07, 6.45) is 5.63. The third-order valence-corrected chi connectivity index (χ3v) is 3.58. The number of carbonyl (C=O) groups excluding carboxylic acids is 1. The Morgan fingerprint density at radius 1 is 0.950 bits per heavy atom. The lowest BCUT2D eigenvalue weighted by atomic mass is 10.0. The van der Waals surface area contributed by atoms with Gasteiger partial charge in [0, 0.05) is 16.5 Å². The van der Waals surface area contributed by atoms with Gasteiger partial charge in [-0.1, -0.05) is 71.4 Å². The van der Waals surface area contributed by atoms with E-state index in [1.165, 1.54) is 0 Å². The van der Waals surface area contributed by atoms with Crippen LogP contribution < -0.4 is 0 Å². The van der Waals surface area contributed by atoms with Crippen LogP contribution in [-0.4, -0.2) is 5.78 Å². The van der Waals surface area contributed by atoms with Crippen LogP contribution in [0.4, 0.5) is 0 Å². The number of rotatable bonds is 5. The van der Waals surface area contributed by atoms with Crippen molar-refractivity contribution in [3.05, 3.63) is 69.7 Å². The van der Waals surface area contributed by atoms with E-state index in [0.717, 1.165) is 27.6 Å². The average molecular weight is 329 g/mol. The summed E-state index contributed by atoms with van der Waals surface area (Å²) in [5.41, 5.74) is 3.05. The Morgan fingerprint density at radius 2 is 1.45 bits per heavy atom. The topological polar surface area (TPSA) is 17.1 Å². The summed E-state index contributed by atoms with van der Waals surface area (Å²) in [5, 5.41) is 0. The molecule has 0 radical (unpaired) electrons. The van der Waals surface area contributed by atoms with Gasteiger partial charge in [0.2, 0.25) is 0 Å². The fourth-order valence-electron chi connectivity index (χ4n) is 1.92. The van der Waals surface area contributed by atoms with E-state index in [2.05, 4.69) is 40.2 Å². The van der Waals surface area contributed by atoms with E-state index in [1.54, 1.807) is 0 Å². The molecule has 0 aliphatic heterocycles. The molecule has 2 rings (SSSR count). The standard InChI is InChI=1S/C18H17BrO/c1-2-3-18(20)16-10-6-14(7-11-16)4-5-15-8-12-17(19)13-9-15/h4-13H,2-3H2,1H3. The second-order valence-electron chi connectivity index (χ2n) is 4.68. The molecule has 2 aromatic rings. The van der Waals surface area contributed by atoms with E-state index >= 15 is 0 Å². The Labute approximate surface area is 128 Å².